The summed E-state index contributed by atoms with van der Waals surface area (Å²) in [6.07, 6.45) is 2.72. The van der Waals surface area contributed by atoms with Gasteiger partial charge in [-0.1, -0.05) is 16.8 Å². The lowest BCUT2D eigenvalue weighted by molar-refractivity contribution is 0.0690. The number of amides is 1. The molecule has 0 unspecified atom stereocenters. The minimum absolute atomic E-state index is 0.146. The Morgan fingerprint density at radius 3 is 2.85 bits per heavy atom. The summed E-state index contributed by atoms with van der Waals surface area (Å²) >= 11 is 5.75. The molecule has 2 aromatic rings. The van der Waals surface area contributed by atoms with Crippen molar-refractivity contribution >= 4 is 23.5 Å². The van der Waals surface area contributed by atoms with Crippen LogP contribution >= 0.6 is 11.6 Å². The number of aromatic nitrogens is 4. The summed E-state index contributed by atoms with van der Waals surface area (Å²) < 4.78 is 1.33. The van der Waals surface area contributed by atoms with Crippen molar-refractivity contribution in [1.82, 2.24) is 25.3 Å². The monoisotopic (exact) mass is 295 g/mol. The maximum absolute atomic E-state index is 11.7. The van der Waals surface area contributed by atoms with E-state index in [-0.39, 0.29) is 23.8 Å². The van der Waals surface area contributed by atoms with Crippen molar-refractivity contribution in [3.63, 3.8) is 0 Å². The lowest BCUT2D eigenvalue weighted by Crippen LogP contribution is -2.28. The number of carbonyl (C=O) groups is 2. The van der Waals surface area contributed by atoms with Crippen LogP contribution in [0.2, 0.25) is 5.02 Å². The summed E-state index contributed by atoms with van der Waals surface area (Å²) in [4.78, 5) is 26.2. The average Bonchev–Trinajstić information content (AvgIpc) is 2.87. The number of rotatable bonds is 5. The van der Waals surface area contributed by atoms with E-state index in [1.54, 1.807) is 6.07 Å². The van der Waals surface area contributed by atoms with Gasteiger partial charge in [-0.15, -0.1) is 5.10 Å². The van der Waals surface area contributed by atoms with Gasteiger partial charge in [0.25, 0.3) is 5.91 Å². The Balaban J connectivity index is 1.86. The minimum Gasteiger partial charge on any atom is -0.476 e. The van der Waals surface area contributed by atoms with Crippen molar-refractivity contribution in [3.05, 3.63) is 40.9 Å². The number of nitrogens with zero attached hydrogens (tertiary/aromatic N) is 4. The second-order valence-electron chi connectivity index (χ2n) is 3.79. The smallest absolute Gasteiger partial charge is 0.358 e. The molecular formula is C11H10ClN5O3. The van der Waals surface area contributed by atoms with E-state index < -0.39 is 5.97 Å². The van der Waals surface area contributed by atoms with Gasteiger partial charge in [-0.2, -0.15) is 0 Å². The van der Waals surface area contributed by atoms with E-state index in [1.807, 2.05) is 0 Å². The van der Waals surface area contributed by atoms with Crippen molar-refractivity contribution in [3.8, 4) is 0 Å². The topological polar surface area (TPSA) is 110 Å². The molecule has 0 aliphatic heterocycles. The van der Waals surface area contributed by atoms with Gasteiger partial charge in [0.05, 0.1) is 12.7 Å². The van der Waals surface area contributed by atoms with Gasteiger partial charge < -0.3 is 10.4 Å². The van der Waals surface area contributed by atoms with Gasteiger partial charge in [-0.25, -0.2) is 9.48 Å². The van der Waals surface area contributed by atoms with Crippen molar-refractivity contribution in [2.75, 3.05) is 6.54 Å². The molecule has 8 nitrogen and oxygen atoms in total. The lowest BCUT2D eigenvalue weighted by Gasteiger charge is -2.04. The summed E-state index contributed by atoms with van der Waals surface area (Å²) in [5.74, 6) is -1.52. The zero-order chi connectivity index (χ0) is 14.5. The van der Waals surface area contributed by atoms with E-state index in [1.165, 1.54) is 23.1 Å². The highest BCUT2D eigenvalue weighted by Crippen LogP contribution is 2.07. The predicted molar refractivity (Wildman–Crippen MR) is 68.6 cm³/mol. The van der Waals surface area contributed by atoms with Gasteiger partial charge in [-0.3, -0.25) is 9.78 Å². The maximum Gasteiger partial charge on any atom is 0.358 e. The Morgan fingerprint density at radius 2 is 2.20 bits per heavy atom. The molecule has 0 aliphatic rings. The van der Waals surface area contributed by atoms with Gasteiger partial charge in [0.1, 0.15) is 5.69 Å². The second kappa shape index (κ2) is 6.11. The highest BCUT2D eigenvalue weighted by atomic mass is 35.5. The van der Waals surface area contributed by atoms with Gasteiger partial charge in [0.2, 0.25) is 0 Å². The summed E-state index contributed by atoms with van der Waals surface area (Å²) in [6, 6.07) is 3.02. The molecule has 2 aromatic heterocycles. The van der Waals surface area contributed by atoms with Gasteiger partial charge in [-0.05, 0) is 12.1 Å². The third-order valence-electron chi connectivity index (χ3n) is 2.34. The van der Waals surface area contributed by atoms with Gasteiger partial charge in [0, 0.05) is 17.8 Å². The second-order valence-corrected chi connectivity index (χ2v) is 4.22. The molecule has 0 fully saturated rings. The van der Waals surface area contributed by atoms with Crippen LogP contribution < -0.4 is 5.32 Å². The zero-order valence-electron chi connectivity index (χ0n) is 10.2. The normalized spacial score (nSPS) is 10.2. The maximum atomic E-state index is 11.7. The number of halogens is 1. The molecule has 2 heterocycles. The number of carboxylic acids is 1. The molecule has 2 rings (SSSR count). The summed E-state index contributed by atoms with van der Waals surface area (Å²) in [5.41, 5.74) is 0.0650. The molecule has 0 saturated heterocycles. The molecule has 9 heteroatoms. The molecule has 0 aromatic carbocycles. The average molecular weight is 296 g/mol. The molecule has 104 valence electrons. The summed E-state index contributed by atoms with van der Waals surface area (Å²) in [6.45, 7) is 0.558. The fourth-order valence-electron chi connectivity index (χ4n) is 1.41. The minimum atomic E-state index is -1.15. The highest BCUT2D eigenvalue weighted by molar-refractivity contribution is 6.30. The molecule has 0 atom stereocenters. The van der Waals surface area contributed by atoms with Crippen LogP contribution in [0.5, 0.6) is 0 Å². The Hall–Kier alpha value is -2.48. The number of aromatic carboxylic acids is 1. The SMILES string of the molecule is O=C(O)c1cn(CCNC(=O)c2cc(Cl)ccn2)nn1. The van der Waals surface area contributed by atoms with E-state index in [4.69, 9.17) is 16.7 Å². The van der Waals surface area contributed by atoms with E-state index >= 15 is 0 Å². The molecule has 0 radical (unpaired) electrons. The molecule has 2 N–H and O–H groups in total. The summed E-state index contributed by atoms with van der Waals surface area (Å²) in [7, 11) is 0. The van der Waals surface area contributed by atoms with Gasteiger partial charge in [0.15, 0.2) is 5.69 Å². The van der Waals surface area contributed by atoms with Crippen molar-refractivity contribution < 1.29 is 14.7 Å². The number of carbonyl (C=O) groups excluding carboxylic acids is 1. The number of hydrogen-bond donors (Lipinski definition) is 2. The third kappa shape index (κ3) is 3.51. The van der Waals surface area contributed by atoms with Gasteiger partial charge >= 0.3 is 5.97 Å². The molecule has 0 bridgehead atoms. The van der Waals surface area contributed by atoms with Crippen LogP contribution in [0.25, 0.3) is 0 Å². The van der Waals surface area contributed by atoms with Crippen molar-refractivity contribution in [1.29, 1.82) is 0 Å². The lowest BCUT2D eigenvalue weighted by atomic mass is 10.3. The van der Waals surface area contributed by atoms with Crippen molar-refractivity contribution in [2.24, 2.45) is 0 Å². The number of pyridine rings is 1. The van der Waals surface area contributed by atoms with Crippen LogP contribution in [0.3, 0.4) is 0 Å². The van der Waals surface area contributed by atoms with Crippen LogP contribution in [0.1, 0.15) is 21.0 Å². The fraction of sp³-hybridized carbons (Fsp3) is 0.182. The third-order valence-corrected chi connectivity index (χ3v) is 2.57. The number of carboxylic acid groups (broad SMARTS) is 1. The highest BCUT2D eigenvalue weighted by Gasteiger charge is 2.09. The van der Waals surface area contributed by atoms with E-state index in [9.17, 15) is 9.59 Å². The number of nitrogens with one attached hydrogen (secondary N) is 1. The van der Waals surface area contributed by atoms with E-state index in [0.717, 1.165) is 0 Å². The first-order chi connectivity index (χ1) is 9.56. The Bertz CT molecular complexity index is 642. The fourth-order valence-corrected chi connectivity index (χ4v) is 1.57. The van der Waals surface area contributed by atoms with E-state index in [0.29, 0.717) is 11.6 Å². The quantitative estimate of drug-likeness (QED) is 0.829. The largest absolute Gasteiger partial charge is 0.476 e. The molecule has 0 saturated carbocycles. The molecule has 0 aliphatic carbocycles. The van der Waals surface area contributed by atoms with Crippen LogP contribution in [0, 0.1) is 0 Å². The molecular weight excluding hydrogens is 286 g/mol. The molecule has 0 spiro atoms. The van der Waals surface area contributed by atoms with Crippen LogP contribution in [0.4, 0.5) is 0 Å². The summed E-state index contributed by atoms with van der Waals surface area (Å²) in [5, 5.41) is 18.8. The zero-order valence-corrected chi connectivity index (χ0v) is 10.9. The Morgan fingerprint density at radius 1 is 1.40 bits per heavy atom. The molecule has 20 heavy (non-hydrogen) atoms. The first-order valence-corrected chi connectivity index (χ1v) is 5.97. The number of hydrogen-bond acceptors (Lipinski definition) is 5. The van der Waals surface area contributed by atoms with E-state index in [2.05, 4.69) is 20.6 Å². The standard InChI is InChI=1S/C11H10ClN5O3/c12-7-1-2-13-8(5-7)10(18)14-3-4-17-6-9(11(19)20)15-16-17/h1-2,5-6H,3-4H2,(H,14,18)(H,19,20). The van der Waals surface area contributed by atoms with Crippen LogP contribution in [-0.4, -0.2) is 43.5 Å². The predicted octanol–water partition coefficient (Wildman–Crippen LogP) is 0.455. The first-order valence-electron chi connectivity index (χ1n) is 5.59. The Labute approximate surface area is 118 Å². The molecule has 1 amide bonds. The Kier molecular flexibility index (Phi) is 4.26. The van der Waals surface area contributed by atoms with Crippen LogP contribution in [-0.2, 0) is 6.54 Å². The van der Waals surface area contributed by atoms with Crippen molar-refractivity contribution in [2.45, 2.75) is 6.54 Å². The first kappa shape index (κ1) is 13.9. The van der Waals surface area contributed by atoms with Crippen LogP contribution in [0.15, 0.2) is 24.5 Å².